The van der Waals surface area contributed by atoms with Crippen LogP contribution in [-0.4, -0.2) is 36.7 Å². The fraction of sp³-hybridized carbons (Fsp3) is 0.417. The van der Waals surface area contributed by atoms with Crippen molar-refractivity contribution in [2.24, 2.45) is 0 Å². The number of carbonyl (C=O) groups excluding carboxylic acids is 1. The lowest BCUT2D eigenvalue weighted by molar-refractivity contribution is -0.130. The molecule has 1 aromatic carbocycles. The summed E-state index contributed by atoms with van der Waals surface area (Å²) < 4.78 is 18.3. The van der Waals surface area contributed by atoms with Crippen molar-refractivity contribution in [3.05, 3.63) is 29.6 Å². The Labute approximate surface area is 99.6 Å². The predicted molar refractivity (Wildman–Crippen MR) is 61.2 cm³/mol. The molecule has 0 saturated heterocycles. The van der Waals surface area contributed by atoms with Crippen molar-refractivity contribution < 1.29 is 19.0 Å². The predicted octanol–water partition coefficient (Wildman–Crippen LogP) is 1.35. The maximum Gasteiger partial charge on any atom is 0.219 e. The number of hydrogen-bond donors (Lipinski definition) is 1. The summed E-state index contributed by atoms with van der Waals surface area (Å²) in [5, 5.41) is 9.27. The fourth-order valence-corrected chi connectivity index (χ4v) is 1.56. The second kappa shape index (κ2) is 5.63. The van der Waals surface area contributed by atoms with Crippen LogP contribution in [0.2, 0.25) is 0 Å². The Morgan fingerprint density at radius 2 is 2.24 bits per heavy atom. The summed E-state index contributed by atoms with van der Waals surface area (Å²) in [5.41, 5.74) is 0.531. The second-order valence-corrected chi connectivity index (χ2v) is 3.72. The normalized spacial score (nSPS) is 12.1. The standard InChI is InChI=1S/C12H16FNO3/c1-8(16)14(2)11(7-15)9-4-5-12(17-3)10(13)6-9/h4-6,11,15H,7H2,1-3H3. The Balaban J connectivity index is 3.04. The molecule has 1 aromatic rings. The number of rotatable bonds is 4. The van der Waals surface area contributed by atoms with Crippen LogP contribution < -0.4 is 4.74 Å². The summed E-state index contributed by atoms with van der Waals surface area (Å²) >= 11 is 0. The monoisotopic (exact) mass is 241 g/mol. The van der Waals surface area contributed by atoms with Gasteiger partial charge in [-0.15, -0.1) is 0 Å². The van der Waals surface area contributed by atoms with E-state index in [1.165, 1.54) is 31.1 Å². The van der Waals surface area contributed by atoms with Gasteiger partial charge in [-0.2, -0.15) is 0 Å². The van der Waals surface area contributed by atoms with E-state index in [1.807, 2.05) is 0 Å². The van der Waals surface area contributed by atoms with Crippen molar-refractivity contribution in [1.82, 2.24) is 4.90 Å². The van der Waals surface area contributed by atoms with Crippen molar-refractivity contribution in [2.75, 3.05) is 20.8 Å². The van der Waals surface area contributed by atoms with E-state index in [2.05, 4.69) is 0 Å². The second-order valence-electron chi connectivity index (χ2n) is 3.72. The van der Waals surface area contributed by atoms with Gasteiger partial charge in [0.1, 0.15) is 0 Å². The van der Waals surface area contributed by atoms with Gasteiger partial charge < -0.3 is 14.7 Å². The lowest BCUT2D eigenvalue weighted by atomic mass is 10.1. The Bertz CT molecular complexity index is 409. The molecule has 4 nitrogen and oxygen atoms in total. The first-order chi connectivity index (χ1) is 8.01. The minimum absolute atomic E-state index is 0.135. The quantitative estimate of drug-likeness (QED) is 0.865. The van der Waals surface area contributed by atoms with Crippen LogP contribution in [0.3, 0.4) is 0 Å². The summed E-state index contributed by atoms with van der Waals surface area (Å²) in [6.45, 7) is 1.13. The molecule has 0 fully saturated rings. The molecule has 0 saturated carbocycles. The minimum atomic E-state index is -0.548. The molecule has 1 atom stereocenters. The summed E-state index contributed by atoms with van der Waals surface area (Å²) in [6, 6.07) is 3.82. The smallest absolute Gasteiger partial charge is 0.219 e. The van der Waals surface area contributed by atoms with Crippen LogP contribution in [0.1, 0.15) is 18.5 Å². The Morgan fingerprint density at radius 1 is 1.59 bits per heavy atom. The first kappa shape index (κ1) is 13.4. The van der Waals surface area contributed by atoms with Crippen LogP contribution in [0.15, 0.2) is 18.2 Å². The minimum Gasteiger partial charge on any atom is -0.494 e. The number of likely N-dealkylation sites (N-methyl/N-ethyl adjacent to an activating group) is 1. The topological polar surface area (TPSA) is 49.8 Å². The van der Waals surface area contributed by atoms with Gasteiger partial charge in [0.05, 0.1) is 19.8 Å². The van der Waals surface area contributed by atoms with Crippen molar-refractivity contribution in [1.29, 1.82) is 0 Å². The molecular weight excluding hydrogens is 225 g/mol. The van der Waals surface area contributed by atoms with Gasteiger partial charge in [-0.3, -0.25) is 4.79 Å². The Hall–Kier alpha value is -1.62. The Morgan fingerprint density at radius 3 is 2.65 bits per heavy atom. The van der Waals surface area contributed by atoms with Crippen molar-refractivity contribution in [3.63, 3.8) is 0 Å². The van der Waals surface area contributed by atoms with E-state index in [4.69, 9.17) is 4.74 Å². The van der Waals surface area contributed by atoms with E-state index in [0.717, 1.165) is 0 Å². The van der Waals surface area contributed by atoms with Crippen molar-refractivity contribution >= 4 is 5.91 Å². The average molecular weight is 241 g/mol. The lowest BCUT2D eigenvalue weighted by Crippen LogP contribution is -2.31. The van der Waals surface area contributed by atoms with Gasteiger partial charge in [-0.25, -0.2) is 4.39 Å². The molecule has 0 radical (unpaired) electrons. The number of ether oxygens (including phenoxy) is 1. The number of aliphatic hydroxyl groups excluding tert-OH is 1. The summed E-state index contributed by atoms with van der Waals surface area (Å²) in [4.78, 5) is 12.6. The van der Waals surface area contributed by atoms with Crippen molar-refractivity contribution in [3.8, 4) is 5.75 Å². The van der Waals surface area contributed by atoms with E-state index < -0.39 is 11.9 Å². The molecule has 1 rings (SSSR count). The zero-order valence-corrected chi connectivity index (χ0v) is 10.1. The number of aliphatic hydroxyl groups is 1. The SMILES string of the molecule is COc1ccc(C(CO)N(C)C(C)=O)cc1F. The third-order valence-electron chi connectivity index (χ3n) is 2.70. The first-order valence-electron chi connectivity index (χ1n) is 5.19. The number of carbonyl (C=O) groups is 1. The third-order valence-corrected chi connectivity index (χ3v) is 2.70. The van der Waals surface area contributed by atoms with Crippen molar-refractivity contribution in [2.45, 2.75) is 13.0 Å². The number of hydrogen-bond acceptors (Lipinski definition) is 3. The van der Waals surface area contributed by atoms with Crippen LogP contribution in [0, 0.1) is 5.82 Å². The number of nitrogens with zero attached hydrogens (tertiary/aromatic N) is 1. The molecule has 0 bridgehead atoms. The molecule has 0 aliphatic carbocycles. The highest BCUT2D eigenvalue weighted by Gasteiger charge is 2.19. The van der Waals surface area contributed by atoms with Crippen LogP contribution in [0.25, 0.3) is 0 Å². The molecule has 1 N–H and O–H groups in total. The maximum atomic E-state index is 13.5. The number of benzene rings is 1. The van der Waals surface area contributed by atoms with E-state index in [1.54, 1.807) is 13.1 Å². The third kappa shape index (κ3) is 2.94. The van der Waals surface area contributed by atoms with E-state index in [9.17, 15) is 14.3 Å². The first-order valence-corrected chi connectivity index (χ1v) is 5.19. The highest BCUT2D eigenvalue weighted by molar-refractivity contribution is 5.73. The number of halogens is 1. The summed E-state index contributed by atoms with van der Waals surface area (Å²) in [6.07, 6.45) is 0. The fourth-order valence-electron chi connectivity index (χ4n) is 1.56. The van der Waals surface area contributed by atoms with Crippen LogP contribution in [0.5, 0.6) is 5.75 Å². The van der Waals surface area contributed by atoms with Gasteiger partial charge >= 0.3 is 0 Å². The molecule has 17 heavy (non-hydrogen) atoms. The molecule has 0 aliphatic rings. The summed E-state index contributed by atoms with van der Waals surface area (Å²) in [5.74, 6) is -0.573. The zero-order chi connectivity index (χ0) is 13.0. The Kier molecular flexibility index (Phi) is 4.45. The van der Waals surface area contributed by atoms with E-state index in [-0.39, 0.29) is 18.3 Å². The van der Waals surface area contributed by atoms with Crippen LogP contribution in [-0.2, 0) is 4.79 Å². The molecule has 94 valence electrons. The highest BCUT2D eigenvalue weighted by atomic mass is 19.1. The average Bonchev–Trinajstić information content (AvgIpc) is 2.30. The van der Waals surface area contributed by atoms with Gasteiger partial charge in [0, 0.05) is 14.0 Å². The molecule has 5 heteroatoms. The molecule has 0 aromatic heterocycles. The molecule has 1 amide bonds. The molecule has 1 unspecified atom stereocenters. The van der Waals surface area contributed by atoms with Crippen LogP contribution >= 0.6 is 0 Å². The van der Waals surface area contributed by atoms with E-state index >= 15 is 0 Å². The zero-order valence-electron chi connectivity index (χ0n) is 10.1. The number of amides is 1. The van der Waals surface area contributed by atoms with E-state index in [0.29, 0.717) is 5.56 Å². The van der Waals surface area contributed by atoms with Crippen LogP contribution in [0.4, 0.5) is 4.39 Å². The number of methoxy groups -OCH3 is 1. The lowest BCUT2D eigenvalue weighted by Gasteiger charge is -2.26. The van der Waals surface area contributed by atoms with Gasteiger partial charge in [-0.1, -0.05) is 6.07 Å². The summed E-state index contributed by atoms with van der Waals surface area (Å²) in [7, 11) is 2.94. The van der Waals surface area contributed by atoms with Gasteiger partial charge in [0.15, 0.2) is 11.6 Å². The molecule has 0 spiro atoms. The van der Waals surface area contributed by atoms with Gasteiger partial charge in [-0.05, 0) is 17.7 Å². The largest absolute Gasteiger partial charge is 0.494 e. The van der Waals surface area contributed by atoms with Gasteiger partial charge in [0.25, 0.3) is 0 Å². The highest BCUT2D eigenvalue weighted by Crippen LogP contribution is 2.24. The van der Waals surface area contributed by atoms with Gasteiger partial charge in [0.2, 0.25) is 5.91 Å². The molecule has 0 heterocycles. The molecule has 0 aliphatic heterocycles. The maximum absolute atomic E-state index is 13.5. The molecular formula is C12H16FNO3.